The van der Waals surface area contributed by atoms with Crippen molar-refractivity contribution in [2.45, 2.75) is 78.4 Å². The van der Waals surface area contributed by atoms with Gasteiger partial charge in [-0.05, 0) is 73.1 Å². The van der Waals surface area contributed by atoms with Crippen LogP contribution in [-0.2, 0) is 14.2 Å². The fourth-order valence-corrected chi connectivity index (χ4v) is 3.64. The summed E-state index contributed by atoms with van der Waals surface area (Å²) in [7, 11) is 1.70. The van der Waals surface area contributed by atoms with E-state index in [1.165, 1.54) is 0 Å². The molecule has 0 aromatic heterocycles. The van der Waals surface area contributed by atoms with Crippen LogP contribution >= 0.6 is 0 Å². The molecule has 0 aromatic rings. The van der Waals surface area contributed by atoms with E-state index < -0.39 is 11.2 Å². The zero-order valence-electron chi connectivity index (χ0n) is 20.6. The SMILES string of the molecule is CC(C)(C)OC(=O)N1CCC[C@@H](CO)C1.COC[C@@H]1CCCN(C(=O)OC(C)(C)C)C1. The van der Waals surface area contributed by atoms with E-state index in [1.54, 1.807) is 16.9 Å². The third-order valence-corrected chi connectivity index (χ3v) is 5.00. The first-order chi connectivity index (χ1) is 14.3. The molecule has 31 heavy (non-hydrogen) atoms. The molecule has 1 N–H and O–H groups in total. The lowest BCUT2D eigenvalue weighted by molar-refractivity contribution is 0.0105. The van der Waals surface area contributed by atoms with Crippen LogP contribution in [0.3, 0.4) is 0 Å². The van der Waals surface area contributed by atoms with E-state index in [2.05, 4.69) is 0 Å². The van der Waals surface area contributed by atoms with Crippen LogP contribution in [0.1, 0.15) is 67.2 Å². The molecule has 2 aliphatic heterocycles. The third-order valence-electron chi connectivity index (χ3n) is 5.00. The first-order valence-electron chi connectivity index (χ1n) is 11.4. The number of methoxy groups -OCH3 is 1. The Labute approximate surface area is 188 Å². The average molecular weight is 445 g/mol. The number of likely N-dealkylation sites (tertiary alicyclic amines) is 2. The van der Waals surface area contributed by atoms with E-state index >= 15 is 0 Å². The Kier molecular flexibility index (Phi) is 11.1. The summed E-state index contributed by atoms with van der Waals surface area (Å²) < 4.78 is 15.8. The largest absolute Gasteiger partial charge is 0.444 e. The van der Waals surface area contributed by atoms with E-state index in [9.17, 15) is 9.59 Å². The molecule has 2 fully saturated rings. The van der Waals surface area contributed by atoms with Crippen molar-refractivity contribution >= 4 is 12.2 Å². The van der Waals surface area contributed by atoms with Gasteiger partial charge in [0.25, 0.3) is 0 Å². The fourth-order valence-electron chi connectivity index (χ4n) is 3.64. The highest BCUT2D eigenvalue weighted by Gasteiger charge is 2.28. The van der Waals surface area contributed by atoms with E-state index in [0.29, 0.717) is 12.5 Å². The van der Waals surface area contributed by atoms with Gasteiger partial charge in [-0.25, -0.2) is 9.59 Å². The molecule has 0 aromatic carbocycles. The van der Waals surface area contributed by atoms with Crippen molar-refractivity contribution in [3.05, 3.63) is 0 Å². The molecule has 182 valence electrons. The molecule has 2 amide bonds. The molecule has 2 rings (SSSR count). The van der Waals surface area contributed by atoms with Crippen LogP contribution in [0.5, 0.6) is 0 Å². The number of hydrogen-bond donors (Lipinski definition) is 1. The number of amides is 2. The second-order valence-corrected chi connectivity index (χ2v) is 10.5. The number of ether oxygens (including phenoxy) is 3. The van der Waals surface area contributed by atoms with E-state index in [4.69, 9.17) is 19.3 Å². The van der Waals surface area contributed by atoms with Gasteiger partial charge < -0.3 is 29.1 Å². The molecule has 8 nitrogen and oxygen atoms in total. The minimum atomic E-state index is -0.441. The number of piperidine rings is 2. The summed E-state index contributed by atoms with van der Waals surface area (Å²) in [6, 6.07) is 0. The predicted octanol–water partition coefficient (Wildman–Crippen LogP) is 3.91. The maximum atomic E-state index is 11.8. The molecule has 0 aliphatic carbocycles. The summed E-state index contributed by atoms with van der Waals surface area (Å²) >= 11 is 0. The Bertz CT molecular complexity index is 553. The molecule has 2 aliphatic rings. The number of hydrogen-bond acceptors (Lipinski definition) is 6. The van der Waals surface area contributed by atoms with Gasteiger partial charge in [-0.1, -0.05) is 0 Å². The highest BCUT2D eigenvalue weighted by atomic mass is 16.6. The molecule has 0 radical (unpaired) electrons. The standard InChI is InChI=1S/C12H23NO3.C11H21NO3/c1-12(2,3)16-11(14)13-7-5-6-10(8-13)9-15-4;1-11(2,3)15-10(14)12-6-4-5-9(7-12)8-13/h10H,5-9H2,1-4H3;9,13H,4-8H2,1-3H3/t10-;9-/m11/s1. The van der Waals surface area contributed by atoms with Crippen molar-refractivity contribution < 1.29 is 28.9 Å². The van der Waals surface area contributed by atoms with E-state index in [1.807, 2.05) is 41.5 Å². The van der Waals surface area contributed by atoms with E-state index in [-0.39, 0.29) is 24.7 Å². The summed E-state index contributed by atoms with van der Waals surface area (Å²) in [5, 5.41) is 9.04. The first-order valence-corrected chi connectivity index (χ1v) is 11.4. The molecule has 0 spiro atoms. The lowest BCUT2D eigenvalue weighted by Gasteiger charge is -2.33. The molecular weight excluding hydrogens is 400 g/mol. The molecular formula is C23H44N2O6. The van der Waals surface area contributed by atoms with Crippen LogP contribution in [0.4, 0.5) is 9.59 Å². The number of aliphatic hydroxyl groups excluding tert-OH is 1. The summed E-state index contributed by atoms with van der Waals surface area (Å²) in [5.74, 6) is 0.664. The van der Waals surface area contributed by atoms with Crippen LogP contribution in [0.25, 0.3) is 0 Å². The lowest BCUT2D eigenvalue weighted by atomic mass is 9.99. The normalized spacial score (nSPS) is 22.3. The molecule has 2 saturated heterocycles. The minimum Gasteiger partial charge on any atom is -0.444 e. The summed E-state index contributed by atoms with van der Waals surface area (Å²) in [5.41, 5.74) is -0.853. The first kappa shape index (κ1) is 27.5. The quantitative estimate of drug-likeness (QED) is 0.710. The van der Waals surface area contributed by atoms with Crippen molar-refractivity contribution in [3.8, 4) is 0 Å². The highest BCUT2D eigenvalue weighted by Crippen LogP contribution is 2.20. The molecule has 0 unspecified atom stereocenters. The number of aliphatic hydroxyl groups is 1. The van der Waals surface area contributed by atoms with Crippen molar-refractivity contribution in [2.75, 3.05) is 46.5 Å². The summed E-state index contributed by atoms with van der Waals surface area (Å²) in [6.45, 7) is 15.0. The third kappa shape index (κ3) is 11.6. The predicted molar refractivity (Wildman–Crippen MR) is 120 cm³/mol. The zero-order chi connectivity index (χ0) is 23.7. The Morgan fingerprint density at radius 2 is 1.26 bits per heavy atom. The number of carbonyl (C=O) groups is 2. The van der Waals surface area contributed by atoms with Crippen molar-refractivity contribution in [1.82, 2.24) is 9.80 Å². The van der Waals surface area contributed by atoms with Crippen LogP contribution in [-0.4, -0.2) is 84.8 Å². The van der Waals surface area contributed by atoms with Crippen LogP contribution in [0.15, 0.2) is 0 Å². The molecule has 8 heteroatoms. The van der Waals surface area contributed by atoms with Gasteiger partial charge in [-0.15, -0.1) is 0 Å². The Balaban J connectivity index is 0.000000311. The average Bonchev–Trinajstić information content (AvgIpc) is 2.66. The summed E-state index contributed by atoms with van der Waals surface area (Å²) in [6.07, 6.45) is 3.65. The van der Waals surface area contributed by atoms with Gasteiger partial charge in [-0.2, -0.15) is 0 Å². The maximum absolute atomic E-state index is 11.8. The van der Waals surface area contributed by atoms with Crippen molar-refractivity contribution in [2.24, 2.45) is 11.8 Å². The topological polar surface area (TPSA) is 88.5 Å². The smallest absolute Gasteiger partial charge is 0.410 e. The monoisotopic (exact) mass is 444 g/mol. The Morgan fingerprint density at radius 3 is 1.65 bits per heavy atom. The molecule has 0 saturated carbocycles. The number of rotatable bonds is 3. The second-order valence-electron chi connectivity index (χ2n) is 10.5. The Hall–Kier alpha value is -1.54. The van der Waals surface area contributed by atoms with Crippen molar-refractivity contribution in [3.63, 3.8) is 0 Å². The lowest BCUT2D eigenvalue weighted by Crippen LogP contribution is -2.43. The summed E-state index contributed by atoms with van der Waals surface area (Å²) in [4.78, 5) is 27.0. The minimum absolute atomic E-state index is 0.152. The second kappa shape index (κ2) is 12.5. The van der Waals surface area contributed by atoms with Gasteiger partial charge in [0.1, 0.15) is 11.2 Å². The van der Waals surface area contributed by atoms with Gasteiger partial charge >= 0.3 is 12.2 Å². The fraction of sp³-hybridized carbons (Fsp3) is 0.913. The van der Waals surface area contributed by atoms with Gasteiger partial charge in [0.05, 0.1) is 6.61 Å². The highest BCUT2D eigenvalue weighted by molar-refractivity contribution is 5.68. The zero-order valence-corrected chi connectivity index (χ0v) is 20.6. The number of carbonyl (C=O) groups excluding carboxylic acids is 2. The van der Waals surface area contributed by atoms with Gasteiger partial charge in [0.15, 0.2) is 0 Å². The van der Waals surface area contributed by atoms with Gasteiger partial charge in [-0.3, -0.25) is 0 Å². The molecule has 2 heterocycles. The van der Waals surface area contributed by atoms with Crippen LogP contribution < -0.4 is 0 Å². The molecule has 2 atom stereocenters. The molecule has 0 bridgehead atoms. The van der Waals surface area contributed by atoms with E-state index in [0.717, 1.165) is 51.9 Å². The van der Waals surface area contributed by atoms with Crippen LogP contribution in [0, 0.1) is 11.8 Å². The van der Waals surface area contributed by atoms with Gasteiger partial charge in [0.2, 0.25) is 0 Å². The Morgan fingerprint density at radius 1 is 0.839 bits per heavy atom. The number of nitrogens with zero attached hydrogens (tertiary/aromatic N) is 2. The van der Waals surface area contributed by atoms with Crippen LogP contribution in [0.2, 0.25) is 0 Å². The van der Waals surface area contributed by atoms with Crippen molar-refractivity contribution in [1.29, 1.82) is 0 Å². The van der Waals surface area contributed by atoms with Gasteiger partial charge in [0, 0.05) is 45.8 Å². The maximum Gasteiger partial charge on any atom is 0.410 e.